The third kappa shape index (κ3) is 6.30. The zero-order chi connectivity index (χ0) is 26.7. The third-order valence-electron chi connectivity index (χ3n) is 6.04. The maximum atomic E-state index is 13.4. The Morgan fingerprint density at radius 1 is 1.11 bits per heavy atom. The zero-order valence-electron chi connectivity index (χ0n) is 21.6. The van der Waals surface area contributed by atoms with E-state index < -0.39 is 32.9 Å². The van der Waals surface area contributed by atoms with Gasteiger partial charge in [0.2, 0.25) is 15.9 Å². The van der Waals surface area contributed by atoms with Crippen molar-refractivity contribution in [1.82, 2.24) is 5.32 Å². The van der Waals surface area contributed by atoms with E-state index in [4.69, 9.17) is 4.74 Å². The van der Waals surface area contributed by atoms with E-state index in [1.165, 1.54) is 18.2 Å². The summed E-state index contributed by atoms with van der Waals surface area (Å²) in [5.41, 5.74) is 3.20. The minimum atomic E-state index is -3.94. The highest BCUT2D eigenvalue weighted by molar-refractivity contribution is 7.92. The molecule has 0 unspecified atom stereocenters. The molecule has 0 aliphatic rings. The fourth-order valence-electron chi connectivity index (χ4n) is 4.18. The van der Waals surface area contributed by atoms with Crippen LogP contribution in [-0.2, 0) is 14.8 Å². The first-order valence-corrected chi connectivity index (χ1v) is 13.3. The third-order valence-corrected chi connectivity index (χ3v) is 7.20. The molecular formula is C25H35N3O6S. The van der Waals surface area contributed by atoms with E-state index in [9.17, 15) is 23.3 Å². The number of non-ortho nitro benzene ring substituents is 1. The quantitative estimate of drug-likeness (QED) is 0.367. The second-order valence-electron chi connectivity index (χ2n) is 9.05. The Labute approximate surface area is 207 Å². The van der Waals surface area contributed by atoms with Crippen molar-refractivity contribution in [3.05, 3.63) is 62.7 Å². The average molecular weight is 506 g/mol. The van der Waals surface area contributed by atoms with E-state index in [0.717, 1.165) is 33.0 Å². The van der Waals surface area contributed by atoms with Crippen molar-refractivity contribution in [3.8, 4) is 5.75 Å². The first-order valence-electron chi connectivity index (χ1n) is 11.5. The number of rotatable bonds is 10. The van der Waals surface area contributed by atoms with Gasteiger partial charge in [-0.3, -0.25) is 19.2 Å². The molecule has 1 N–H and O–H groups in total. The molecule has 0 bridgehead atoms. The predicted molar refractivity (Wildman–Crippen MR) is 138 cm³/mol. The van der Waals surface area contributed by atoms with E-state index in [-0.39, 0.29) is 23.7 Å². The number of nitro groups is 1. The summed E-state index contributed by atoms with van der Waals surface area (Å²) >= 11 is 0. The SMILES string of the molecule is CC[C@@H](C(=O)N[C@H](C)c1cc(C(C)C)c(OC)cc1C)N(c1cc([N+](=O)[O-])ccc1C)S(C)(=O)=O. The van der Waals surface area contributed by atoms with Gasteiger partial charge in [-0.05, 0) is 67.5 Å². The molecule has 2 rings (SSSR count). The van der Waals surface area contributed by atoms with Gasteiger partial charge in [-0.15, -0.1) is 0 Å². The van der Waals surface area contributed by atoms with Crippen LogP contribution in [-0.4, -0.2) is 38.7 Å². The number of carbonyl (C=O) groups is 1. The van der Waals surface area contributed by atoms with Crippen LogP contribution in [0.15, 0.2) is 30.3 Å². The standard InChI is InChI=1S/C25H35N3O6S/c1-9-22(27(35(8,32)33)23-13-19(28(30)31)11-10-16(23)4)25(29)26-18(6)21-14-20(15(2)3)24(34-7)12-17(21)5/h10-15,18,22H,9H2,1-8H3,(H,26,29)/t18-,22+/m1/s1. The molecule has 2 aromatic carbocycles. The molecular weight excluding hydrogens is 470 g/mol. The second-order valence-corrected chi connectivity index (χ2v) is 10.9. The van der Waals surface area contributed by atoms with Crippen molar-refractivity contribution in [3.63, 3.8) is 0 Å². The van der Waals surface area contributed by atoms with Crippen LogP contribution in [0.25, 0.3) is 0 Å². The number of hydrogen-bond acceptors (Lipinski definition) is 6. The minimum absolute atomic E-state index is 0.110. The number of methoxy groups -OCH3 is 1. The van der Waals surface area contributed by atoms with Crippen molar-refractivity contribution >= 4 is 27.3 Å². The van der Waals surface area contributed by atoms with Crippen LogP contribution in [0.4, 0.5) is 11.4 Å². The Morgan fingerprint density at radius 2 is 1.74 bits per heavy atom. The fourth-order valence-corrected chi connectivity index (χ4v) is 5.44. The van der Waals surface area contributed by atoms with Gasteiger partial charge in [0.1, 0.15) is 11.8 Å². The van der Waals surface area contributed by atoms with Gasteiger partial charge in [0.15, 0.2) is 0 Å². The van der Waals surface area contributed by atoms with Crippen molar-refractivity contribution < 1.29 is 22.9 Å². The number of sulfonamides is 1. The van der Waals surface area contributed by atoms with Crippen LogP contribution in [0.3, 0.4) is 0 Å². The number of hydrogen-bond donors (Lipinski definition) is 1. The largest absolute Gasteiger partial charge is 0.496 e. The van der Waals surface area contributed by atoms with Gasteiger partial charge in [0, 0.05) is 12.1 Å². The molecule has 35 heavy (non-hydrogen) atoms. The number of aryl methyl sites for hydroxylation is 2. The number of nitro benzene ring substituents is 1. The molecule has 2 aromatic rings. The smallest absolute Gasteiger partial charge is 0.271 e. The summed E-state index contributed by atoms with van der Waals surface area (Å²) in [6, 6.07) is 6.42. The summed E-state index contributed by atoms with van der Waals surface area (Å²) < 4.78 is 32.2. The number of amides is 1. The monoisotopic (exact) mass is 505 g/mol. The lowest BCUT2D eigenvalue weighted by molar-refractivity contribution is -0.384. The predicted octanol–water partition coefficient (Wildman–Crippen LogP) is 4.77. The number of anilines is 1. The number of ether oxygens (including phenoxy) is 1. The van der Waals surface area contributed by atoms with Crippen LogP contribution in [0.5, 0.6) is 5.75 Å². The molecule has 0 aromatic heterocycles. The highest BCUT2D eigenvalue weighted by atomic mass is 32.2. The Hall–Kier alpha value is -3.14. The van der Waals surface area contributed by atoms with Gasteiger partial charge >= 0.3 is 0 Å². The number of benzene rings is 2. The lowest BCUT2D eigenvalue weighted by atomic mass is 9.93. The van der Waals surface area contributed by atoms with Gasteiger partial charge in [0.25, 0.3) is 5.69 Å². The van der Waals surface area contributed by atoms with Crippen molar-refractivity contribution in [2.45, 2.75) is 66.0 Å². The van der Waals surface area contributed by atoms with Crippen molar-refractivity contribution in [2.75, 3.05) is 17.7 Å². The first-order chi connectivity index (χ1) is 16.2. The van der Waals surface area contributed by atoms with E-state index in [2.05, 4.69) is 19.2 Å². The lowest BCUT2D eigenvalue weighted by Crippen LogP contribution is -2.50. The second kappa shape index (κ2) is 11.1. The van der Waals surface area contributed by atoms with Crippen LogP contribution < -0.4 is 14.4 Å². The normalized spacial score (nSPS) is 13.3. The van der Waals surface area contributed by atoms with E-state index in [1.54, 1.807) is 21.0 Å². The van der Waals surface area contributed by atoms with Gasteiger partial charge < -0.3 is 10.1 Å². The van der Waals surface area contributed by atoms with Crippen molar-refractivity contribution in [1.29, 1.82) is 0 Å². The Balaban J connectivity index is 2.48. The lowest BCUT2D eigenvalue weighted by Gasteiger charge is -2.32. The molecule has 192 valence electrons. The molecule has 0 saturated carbocycles. The Kier molecular flexibility index (Phi) is 8.89. The molecule has 0 aliphatic heterocycles. The molecule has 0 heterocycles. The Morgan fingerprint density at radius 3 is 2.23 bits per heavy atom. The van der Waals surface area contributed by atoms with Gasteiger partial charge in [-0.25, -0.2) is 8.42 Å². The molecule has 0 radical (unpaired) electrons. The topological polar surface area (TPSA) is 119 Å². The molecule has 0 spiro atoms. The maximum absolute atomic E-state index is 13.4. The first kappa shape index (κ1) is 28.1. The van der Waals surface area contributed by atoms with Gasteiger partial charge in [-0.2, -0.15) is 0 Å². The number of nitrogens with one attached hydrogen (secondary N) is 1. The molecule has 1 amide bonds. The number of carbonyl (C=O) groups excluding carboxylic acids is 1. The van der Waals surface area contributed by atoms with E-state index in [1.807, 2.05) is 26.0 Å². The molecule has 0 saturated heterocycles. The van der Waals surface area contributed by atoms with E-state index >= 15 is 0 Å². The van der Waals surface area contributed by atoms with Crippen LogP contribution in [0.2, 0.25) is 0 Å². The van der Waals surface area contributed by atoms with Crippen LogP contribution in [0, 0.1) is 24.0 Å². The van der Waals surface area contributed by atoms with Crippen molar-refractivity contribution in [2.24, 2.45) is 0 Å². The highest BCUT2D eigenvalue weighted by Gasteiger charge is 2.34. The summed E-state index contributed by atoms with van der Waals surface area (Å²) in [5, 5.41) is 14.3. The zero-order valence-corrected chi connectivity index (χ0v) is 22.4. The summed E-state index contributed by atoms with van der Waals surface area (Å²) in [4.78, 5) is 24.1. The minimum Gasteiger partial charge on any atom is -0.496 e. The van der Waals surface area contributed by atoms with Crippen LogP contribution >= 0.6 is 0 Å². The summed E-state index contributed by atoms with van der Waals surface area (Å²) in [6.45, 7) is 11.2. The molecule has 0 aliphatic carbocycles. The molecule has 2 atom stereocenters. The summed E-state index contributed by atoms with van der Waals surface area (Å²) in [7, 11) is -2.32. The van der Waals surface area contributed by atoms with Crippen LogP contribution in [0.1, 0.15) is 68.3 Å². The fraction of sp³-hybridized carbons (Fsp3) is 0.480. The molecule has 0 fully saturated rings. The number of nitrogens with zero attached hydrogens (tertiary/aromatic N) is 2. The van der Waals surface area contributed by atoms with E-state index in [0.29, 0.717) is 5.56 Å². The highest BCUT2D eigenvalue weighted by Crippen LogP contribution is 2.33. The van der Waals surface area contributed by atoms with Gasteiger partial charge in [-0.1, -0.05) is 26.8 Å². The maximum Gasteiger partial charge on any atom is 0.271 e. The molecule has 10 heteroatoms. The summed E-state index contributed by atoms with van der Waals surface area (Å²) in [5.74, 6) is 0.487. The Bertz CT molecular complexity index is 1210. The van der Waals surface area contributed by atoms with Gasteiger partial charge in [0.05, 0.1) is 30.0 Å². The molecule has 9 nitrogen and oxygen atoms in total. The average Bonchev–Trinajstić information content (AvgIpc) is 2.76. The summed E-state index contributed by atoms with van der Waals surface area (Å²) in [6.07, 6.45) is 1.17.